The number of hydrogen-bond acceptors (Lipinski definition) is 3. The summed E-state index contributed by atoms with van der Waals surface area (Å²) in [6.45, 7) is 2.68. The molecule has 0 aromatic heterocycles. The number of aliphatic hydroxyl groups is 1. The van der Waals surface area contributed by atoms with Crippen LogP contribution in [0.25, 0.3) is 0 Å². The van der Waals surface area contributed by atoms with Gasteiger partial charge in [-0.3, -0.25) is 0 Å². The summed E-state index contributed by atoms with van der Waals surface area (Å²) in [5, 5.41) is 13.9. The van der Waals surface area contributed by atoms with Gasteiger partial charge < -0.3 is 16.2 Å². The highest BCUT2D eigenvalue weighted by Gasteiger charge is 2.27. The molecule has 1 aromatic carbocycles. The van der Waals surface area contributed by atoms with Crippen molar-refractivity contribution in [3.8, 4) is 0 Å². The van der Waals surface area contributed by atoms with Crippen LogP contribution in [0.4, 0.5) is 11.4 Å². The van der Waals surface area contributed by atoms with Gasteiger partial charge in [-0.15, -0.1) is 0 Å². The van der Waals surface area contributed by atoms with Gasteiger partial charge in [-0.2, -0.15) is 0 Å². The predicted octanol–water partition coefficient (Wildman–Crippen LogP) is 3.07. The Morgan fingerprint density at radius 2 is 1.89 bits per heavy atom. The van der Waals surface area contributed by atoms with E-state index in [1.54, 1.807) is 0 Å². The number of nitrogens with one attached hydrogen (secondary N) is 1. The summed E-state index contributed by atoms with van der Waals surface area (Å²) in [6.07, 6.45) is 6.57. The van der Waals surface area contributed by atoms with Gasteiger partial charge in [-0.25, -0.2) is 0 Å². The third-order valence-corrected chi connectivity index (χ3v) is 3.90. The zero-order chi connectivity index (χ0) is 13.0. The summed E-state index contributed by atoms with van der Waals surface area (Å²) < 4.78 is 0. The lowest BCUT2D eigenvalue weighted by Gasteiger charge is -2.27. The van der Waals surface area contributed by atoms with Crippen molar-refractivity contribution in [3.05, 3.63) is 23.8 Å². The number of aryl methyl sites for hydroxylation is 1. The molecule has 0 heterocycles. The molecule has 0 saturated heterocycles. The molecule has 18 heavy (non-hydrogen) atoms. The normalized spacial score (nSPS) is 19.2. The third-order valence-electron chi connectivity index (χ3n) is 3.90. The second-order valence-corrected chi connectivity index (χ2v) is 5.57. The summed E-state index contributed by atoms with van der Waals surface area (Å²) >= 11 is 0. The van der Waals surface area contributed by atoms with E-state index in [0.717, 1.165) is 37.1 Å². The van der Waals surface area contributed by atoms with Crippen molar-refractivity contribution in [3.63, 3.8) is 0 Å². The Kier molecular flexibility index (Phi) is 4.12. The fourth-order valence-corrected chi connectivity index (χ4v) is 2.65. The number of nitrogens with two attached hydrogens (primary N) is 1. The third kappa shape index (κ3) is 3.39. The van der Waals surface area contributed by atoms with E-state index in [4.69, 9.17) is 5.73 Å². The van der Waals surface area contributed by atoms with Crippen LogP contribution in [0, 0.1) is 6.92 Å². The van der Waals surface area contributed by atoms with Gasteiger partial charge in [0.15, 0.2) is 0 Å². The number of rotatable bonds is 3. The minimum atomic E-state index is -0.548. The standard InChI is InChI=1S/C15H24N2O/c1-12-6-7-13(16)10-14(12)17-11-15(18)8-4-2-3-5-9-15/h6-7,10,17-18H,2-5,8-9,11,16H2,1H3. The van der Waals surface area contributed by atoms with Crippen molar-refractivity contribution in [1.29, 1.82) is 0 Å². The van der Waals surface area contributed by atoms with Crippen LogP contribution < -0.4 is 11.1 Å². The van der Waals surface area contributed by atoms with Gasteiger partial charge >= 0.3 is 0 Å². The zero-order valence-electron chi connectivity index (χ0n) is 11.2. The predicted molar refractivity (Wildman–Crippen MR) is 76.7 cm³/mol. The molecular formula is C15H24N2O. The second-order valence-electron chi connectivity index (χ2n) is 5.57. The minimum absolute atomic E-state index is 0.548. The van der Waals surface area contributed by atoms with E-state index in [-0.39, 0.29) is 0 Å². The van der Waals surface area contributed by atoms with Crippen LogP contribution in [0.3, 0.4) is 0 Å². The zero-order valence-corrected chi connectivity index (χ0v) is 11.2. The summed E-state index contributed by atoms with van der Waals surface area (Å²) in [5.74, 6) is 0. The summed E-state index contributed by atoms with van der Waals surface area (Å²) in [4.78, 5) is 0. The Hall–Kier alpha value is -1.22. The maximum Gasteiger partial charge on any atom is 0.0819 e. The number of hydrogen-bond donors (Lipinski definition) is 3. The highest BCUT2D eigenvalue weighted by Crippen LogP contribution is 2.28. The first-order chi connectivity index (χ1) is 8.59. The molecule has 0 spiro atoms. The first-order valence-electron chi connectivity index (χ1n) is 6.91. The molecule has 1 aromatic rings. The van der Waals surface area contributed by atoms with Crippen molar-refractivity contribution in [1.82, 2.24) is 0 Å². The number of benzene rings is 1. The van der Waals surface area contributed by atoms with Crippen molar-refractivity contribution in [2.45, 2.75) is 51.0 Å². The number of anilines is 2. The lowest BCUT2D eigenvalue weighted by Crippen LogP contribution is -2.36. The Labute approximate surface area is 109 Å². The van der Waals surface area contributed by atoms with Gasteiger partial charge in [0.05, 0.1) is 5.60 Å². The molecule has 2 rings (SSSR count). The van der Waals surface area contributed by atoms with Crippen LogP contribution in [-0.2, 0) is 0 Å². The fraction of sp³-hybridized carbons (Fsp3) is 0.600. The molecule has 1 saturated carbocycles. The Morgan fingerprint density at radius 1 is 1.22 bits per heavy atom. The summed E-state index contributed by atoms with van der Waals surface area (Å²) in [5.41, 5.74) is 8.21. The first kappa shape index (κ1) is 13.2. The van der Waals surface area contributed by atoms with Crippen molar-refractivity contribution in [2.24, 2.45) is 0 Å². The van der Waals surface area contributed by atoms with Gasteiger partial charge in [-0.1, -0.05) is 31.7 Å². The Balaban J connectivity index is 1.99. The second kappa shape index (κ2) is 5.61. The largest absolute Gasteiger partial charge is 0.399 e. The van der Waals surface area contributed by atoms with Crippen LogP contribution in [-0.4, -0.2) is 17.3 Å². The van der Waals surface area contributed by atoms with E-state index >= 15 is 0 Å². The van der Waals surface area contributed by atoms with Gasteiger partial charge in [0.1, 0.15) is 0 Å². The molecule has 3 nitrogen and oxygen atoms in total. The molecule has 0 bridgehead atoms. The fourth-order valence-electron chi connectivity index (χ4n) is 2.65. The monoisotopic (exact) mass is 248 g/mol. The smallest absolute Gasteiger partial charge is 0.0819 e. The minimum Gasteiger partial charge on any atom is -0.399 e. The van der Waals surface area contributed by atoms with Gasteiger partial charge in [0, 0.05) is 17.9 Å². The molecule has 3 heteroatoms. The topological polar surface area (TPSA) is 58.3 Å². The van der Waals surface area contributed by atoms with Gasteiger partial charge in [0.2, 0.25) is 0 Å². The Morgan fingerprint density at radius 3 is 2.56 bits per heavy atom. The van der Waals surface area contributed by atoms with E-state index < -0.39 is 5.60 Å². The molecule has 0 radical (unpaired) electrons. The van der Waals surface area contributed by atoms with E-state index in [1.807, 2.05) is 18.2 Å². The van der Waals surface area contributed by atoms with Crippen LogP contribution in [0.1, 0.15) is 44.1 Å². The van der Waals surface area contributed by atoms with Crippen LogP contribution in [0.15, 0.2) is 18.2 Å². The van der Waals surface area contributed by atoms with Crippen LogP contribution in [0.2, 0.25) is 0 Å². The van der Waals surface area contributed by atoms with E-state index in [9.17, 15) is 5.11 Å². The molecule has 0 aliphatic heterocycles. The van der Waals surface area contributed by atoms with Crippen molar-refractivity contribution < 1.29 is 5.11 Å². The quantitative estimate of drug-likeness (QED) is 0.569. The maximum atomic E-state index is 10.6. The average Bonchev–Trinajstić information content (AvgIpc) is 2.56. The lowest BCUT2D eigenvalue weighted by molar-refractivity contribution is 0.0381. The molecule has 0 unspecified atom stereocenters. The van der Waals surface area contributed by atoms with E-state index in [1.165, 1.54) is 18.4 Å². The lowest BCUT2D eigenvalue weighted by atomic mass is 9.94. The van der Waals surface area contributed by atoms with Gasteiger partial charge in [-0.05, 0) is 37.5 Å². The molecule has 1 fully saturated rings. The van der Waals surface area contributed by atoms with Crippen LogP contribution >= 0.6 is 0 Å². The molecule has 1 aliphatic rings. The molecular weight excluding hydrogens is 224 g/mol. The first-order valence-corrected chi connectivity index (χ1v) is 6.91. The van der Waals surface area contributed by atoms with Gasteiger partial charge in [0.25, 0.3) is 0 Å². The van der Waals surface area contributed by atoms with Crippen molar-refractivity contribution in [2.75, 3.05) is 17.6 Å². The maximum absolute atomic E-state index is 10.6. The molecule has 0 amide bonds. The molecule has 100 valence electrons. The van der Waals surface area contributed by atoms with Crippen molar-refractivity contribution >= 4 is 11.4 Å². The highest BCUT2D eigenvalue weighted by atomic mass is 16.3. The molecule has 0 atom stereocenters. The highest BCUT2D eigenvalue weighted by molar-refractivity contribution is 5.59. The van der Waals surface area contributed by atoms with Crippen LogP contribution in [0.5, 0.6) is 0 Å². The molecule has 1 aliphatic carbocycles. The number of nitrogen functional groups attached to an aromatic ring is 1. The summed E-state index contributed by atoms with van der Waals surface area (Å²) in [7, 11) is 0. The summed E-state index contributed by atoms with van der Waals surface area (Å²) in [6, 6.07) is 5.85. The average molecular weight is 248 g/mol. The SMILES string of the molecule is Cc1ccc(N)cc1NCC1(O)CCCCCC1. The Bertz CT molecular complexity index is 395. The van der Waals surface area contributed by atoms with E-state index in [2.05, 4.69) is 12.2 Å². The van der Waals surface area contributed by atoms with E-state index in [0.29, 0.717) is 6.54 Å². The molecule has 4 N–H and O–H groups in total.